The van der Waals surface area contributed by atoms with Gasteiger partial charge in [0.2, 0.25) is 0 Å². The first-order valence-corrected chi connectivity index (χ1v) is 7.00. The van der Waals surface area contributed by atoms with Crippen LogP contribution < -0.4 is 10.6 Å². The molecule has 21 heavy (non-hydrogen) atoms. The van der Waals surface area contributed by atoms with E-state index in [1.165, 1.54) is 6.20 Å². The van der Waals surface area contributed by atoms with Crippen LogP contribution in [-0.4, -0.2) is 17.9 Å². The lowest BCUT2D eigenvalue weighted by atomic mass is 10.1. The molecular formula is C15H13BrN4O. The van der Waals surface area contributed by atoms with Crippen LogP contribution in [0.2, 0.25) is 0 Å². The van der Waals surface area contributed by atoms with Gasteiger partial charge in [0, 0.05) is 23.4 Å². The molecule has 106 valence electrons. The van der Waals surface area contributed by atoms with Crippen LogP contribution in [0, 0.1) is 18.3 Å². The summed E-state index contributed by atoms with van der Waals surface area (Å²) in [7, 11) is 1.74. The SMILES string of the molecule is CNc1cc(C)ncc1C(=O)Nc1ccc(Br)cc1C#N. The third-order valence-electron chi connectivity index (χ3n) is 2.90. The number of amides is 1. The molecule has 0 spiro atoms. The van der Waals surface area contributed by atoms with E-state index >= 15 is 0 Å². The molecule has 0 unspecified atom stereocenters. The van der Waals surface area contributed by atoms with Gasteiger partial charge in [0.05, 0.1) is 22.5 Å². The quantitative estimate of drug-likeness (QED) is 0.895. The average Bonchev–Trinajstić information content (AvgIpc) is 2.48. The van der Waals surface area contributed by atoms with Crippen molar-refractivity contribution in [2.45, 2.75) is 6.92 Å². The number of carbonyl (C=O) groups excluding carboxylic acids is 1. The Morgan fingerprint density at radius 1 is 1.33 bits per heavy atom. The molecule has 1 heterocycles. The number of aryl methyl sites for hydroxylation is 1. The van der Waals surface area contributed by atoms with Gasteiger partial charge in [0.25, 0.3) is 5.91 Å². The zero-order valence-corrected chi connectivity index (χ0v) is 13.2. The van der Waals surface area contributed by atoms with Gasteiger partial charge in [-0.1, -0.05) is 15.9 Å². The first kappa shape index (κ1) is 15.0. The molecule has 0 fully saturated rings. The molecule has 2 N–H and O–H groups in total. The number of nitrogens with zero attached hydrogens (tertiary/aromatic N) is 2. The lowest BCUT2D eigenvalue weighted by Crippen LogP contribution is -2.15. The van der Waals surface area contributed by atoms with Crippen molar-refractivity contribution in [2.75, 3.05) is 17.7 Å². The molecule has 0 saturated carbocycles. The third kappa shape index (κ3) is 3.38. The predicted octanol–water partition coefficient (Wildman–Crippen LogP) is 3.32. The van der Waals surface area contributed by atoms with E-state index in [4.69, 9.17) is 5.26 Å². The van der Waals surface area contributed by atoms with Crippen molar-refractivity contribution >= 4 is 33.2 Å². The van der Waals surface area contributed by atoms with Gasteiger partial charge in [-0.2, -0.15) is 5.26 Å². The van der Waals surface area contributed by atoms with Crippen molar-refractivity contribution in [1.82, 2.24) is 4.98 Å². The Morgan fingerprint density at radius 3 is 2.76 bits per heavy atom. The summed E-state index contributed by atoms with van der Waals surface area (Å²) in [6.07, 6.45) is 1.52. The maximum absolute atomic E-state index is 12.3. The van der Waals surface area contributed by atoms with Gasteiger partial charge < -0.3 is 10.6 Å². The minimum atomic E-state index is -0.314. The van der Waals surface area contributed by atoms with E-state index in [9.17, 15) is 4.79 Å². The Labute approximate surface area is 131 Å². The van der Waals surface area contributed by atoms with E-state index in [0.717, 1.165) is 10.2 Å². The third-order valence-corrected chi connectivity index (χ3v) is 3.40. The van der Waals surface area contributed by atoms with Gasteiger partial charge >= 0.3 is 0 Å². The van der Waals surface area contributed by atoms with Gasteiger partial charge in [0.1, 0.15) is 6.07 Å². The zero-order valence-electron chi connectivity index (χ0n) is 11.6. The largest absolute Gasteiger partial charge is 0.387 e. The Morgan fingerprint density at radius 2 is 2.10 bits per heavy atom. The maximum atomic E-state index is 12.3. The molecule has 0 aliphatic heterocycles. The number of aromatic nitrogens is 1. The highest BCUT2D eigenvalue weighted by Gasteiger charge is 2.14. The predicted molar refractivity (Wildman–Crippen MR) is 85.3 cm³/mol. The molecule has 1 aromatic carbocycles. The van der Waals surface area contributed by atoms with E-state index in [-0.39, 0.29) is 5.91 Å². The number of halogens is 1. The molecule has 1 aromatic heterocycles. The number of anilines is 2. The van der Waals surface area contributed by atoms with Gasteiger partial charge in [-0.3, -0.25) is 9.78 Å². The minimum Gasteiger partial charge on any atom is -0.387 e. The number of nitriles is 1. The van der Waals surface area contributed by atoms with E-state index in [1.54, 1.807) is 31.3 Å². The highest BCUT2D eigenvalue weighted by atomic mass is 79.9. The van der Waals surface area contributed by atoms with Crippen molar-refractivity contribution < 1.29 is 4.79 Å². The summed E-state index contributed by atoms with van der Waals surface area (Å²) in [6.45, 7) is 1.85. The summed E-state index contributed by atoms with van der Waals surface area (Å²) >= 11 is 3.30. The van der Waals surface area contributed by atoms with Crippen LogP contribution in [0.5, 0.6) is 0 Å². The highest BCUT2D eigenvalue weighted by Crippen LogP contribution is 2.22. The summed E-state index contributed by atoms with van der Waals surface area (Å²) in [5.74, 6) is -0.314. The minimum absolute atomic E-state index is 0.314. The second kappa shape index (κ2) is 6.37. The fraction of sp³-hybridized carbons (Fsp3) is 0.133. The van der Waals surface area contributed by atoms with E-state index < -0.39 is 0 Å². The van der Waals surface area contributed by atoms with Gasteiger partial charge in [0.15, 0.2) is 0 Å². The van der Waals surface area contributed by atoms with Crippen LogP contribution in [-0.2, 0) is 0 Å². The monoisotopic (exact) mass is 344 g/mol. The molecule has 0 aliphatic carbocycles. The van der Waals surface area contributed by atoms with E-state index in [1.807, 2.05) is 6.92 Å². The first-order valence-electron chi connectivity index (χ1n) is 6.20. The topological polar surface area (TPSA) is 77.8 Å². The van der Waals surface area contributed by atoms with Crippen LogP contribution in [0.1, 0.15) is 21.6 Å². The molecule has 0 aliphatic rings. The molecule has 2 rings (SSSR count). The zero-order chi connectivity index (χ0) is 15.4. The molecule has 0 radical (unpaired) electrons. The molecule has 5 nitrogen and oxygen atoms in total. The summed E-state index contributed by atoms with van der Waals surface area (Å²) < 4.78 is 0.782. The van der Waals surface area contributed by atoms with Crippen LogP contribution in [0.25, 0.3) is 0 Å². The summed E-state index contributed by atoms with van der Waals surface area (Å²) in [4.78, 5) is 16.5. The van der Waals surface area contributed by atoms with Crippen molar-refractivity contribution in [3.63, 3.8) is 0 Å². The van der Waals surface area contributed by atoms with Crippen LogP contribution >= 0.6 is 15.9 Å². The molecular weight excluding hydrogens is 332 g/mol. The lowest BCUT2D eigenvalue weighted by molar-refractivity contribution is 0.102. The van der Waals surface area contributed by atoms with Gasteiger partial charge in [-0.25, -0.2) is 0 Å². The van der Waals surface area contributed by atoms with E-state index in [2.05, 4.69) is 37.6 Å². The number of carbonyl (C=O) groups is 1. The number of rotatable bonds is 3. The molecule has 0 saturated heterocycles. The molecule has 1 amide bonds. The number of hydrogen-bond acceptors (Lipinski definition) is 4. The lowest BCUT2D eigenvalue weighted by Gasteiger charge is -2.11. The highest BCUT2D eigenvalue weighted by molar-refractivity contribution is 9.10. The number of benzene rings is 1. The standard InChI is InChI=1S/C15H13BrN4O/c1-9-5-14(18-2)12(8-19-9)15(21)20-13-4-3-11(16)6-10(13)7-17/h3-6,8H,1-2H3,(H,18,19)(H,20,21). The summed E-state index contributed by atoms with van der Waals surface area (Å²) in [6, 6.07) is 8.95. The van der Waals surface area contributed by atoms with Crippen molar-refractivity contribution in [3.8, 4) is 6.07 Å². The second-order valence-corrected chi connectivity index (χ2v) is 5.29. The Balaban J connectivity index is 2.33. The molecule has 6 heteroatoms. The summed E-state index contributed by atoms with van der Waals surface area (Å²) in [5, 5.41) is 14.8. The number of hydrogen-bond donors (Lipinski definition) is 2. The number of nitrogens with one attached hydrogen (secondary N) is 2. The average molecular weight is 345 g/mol. The second-order valence-electron chi connectivity index (χ2n) is 4.38. The van der Waals surface area contributed by atoms with Crippen LogP contribution in [0.4, 0.5) is 11.4 Å². The Hall–Kier alpha value is -2.39. The smallest absolute Gasteiger partial charge is 0.259 e. The summed E-state index contributed by atoms with van der Waals surface area (Å²) in [5.41, 5.74) is 2.79. The van der Waals surface area contributed by atoms with Crippen molar-refractivity contribution in [3.05, 3.63) is 51.8 Å². The first-order chi connectivity index (χ1) is 10.0. The Bertz CT molecular complexity index is 737. The van der Waals surface area contributed by atoms with Crippen LogP contribution in [0.15, 0.2) is 34.9 Å². The molecule has 2 aromatic rings. The molecule has 0 atom stereocenters. The van der Waals surface area contributed by atoms with Crippen LogP contribution in [0.3, 0.4) is 0 Å². The fourth-order valence-corrected chi connectivity index (χ4v) is 2.22. The van der Waals surface area contributed by atoms with Gasteiger partial charge in [-0.15, -0.1) is 0 Å². The van der Waals surface area contributed by atoms with E-state index in [0.29, 0.717) is 22.5 Å². The normalized spacial score (nSPS) is 9.81. The fourth-order valence-electron chi connectivity index (χ4n) is 1.86. The van der Waals surface area contributed by atoms with Crippen molar-refractivity contribution in [2.24, 2.45) is 0 Å². The van der Waals surface area contributed by atoms with Gasteiger partial charge in [-0.05, 0) is 31.2 Å². The maximum Gasteiger partial charge on any atom is 0.259 e. The molecule has 0 bridgehead atoms. The van der Waals surface area contributed by atoms with Crippen molar-refractivity contribution in [1.29, 1.82) is 5.26 Å². The Kier molecular flexibility index (Phi) is 4.55. The number of pyridine rings is 1.